The number of ketones is 1. The summed E-state index contributed by atoms with van der Waals surface area (Å²) >= 11 is 0. The minimum absolute atomic E-state index is 0.00648. The van der Waals surface area contributed by atoms with Gasteiger partial charge in [0.15, 0.2) is 5.78 Å². The third kappa shape index (κ3) is 1.74. The Hall–Kier alpha value is -1.84. The maximum absolute atomic E-state index is 11.6. The summed E-state index contributed by atoms with van der Waals surface area (Å²) in [6.45, 7) is 0. The van der Waals surface area contributed by atoms with Crippen molar-refractivity contribution < 1.29 is 9.21 Å². The number of aromatic nitrogens is 2. The second-order valence-electron chi connectivity index (χ2n) is 3.11. The molecule has 4 heteroatoms. The van der Waals surface area contributed by atoms with E-state index in [0.29, 0.717) is 12.1 Å². The molecule has 0 spiro atoms. The Morgan fingerprint density at radius 3 is 3.00 bits per heavy atom. The van der Waals surface area contributed by atoms with Gasteiger partial charge in [-0.05, 0) is 17.7 Å². The lowest BCUT2D eigenvalue weighted by molar-refractivity contribution is 0.0987. The molecule has 14 heavy (non-hydrogen) atoms. The summed E-state index contributed by atoms with van der Waals surface area (Å²) in [6, 6.07) is 3.49. The zero-order valence-corrected chi connectivity index (χ0v) is 7.80. The topological polar surface area (TPSA) is 48.0 Å². The lowest BCUT2D eigenvalue weighted by Gasteiger charge is -1.92. The van der Waals surface area contributed by atoms with Gasteiger partial charge in [-0.15, -0.1) is 0 Å². The molecule has 0 bridgehead atoms. The van der Waals surface area contributed by atoms with Crippen molar-refractivity contribution in [1.82, 2.24) is 9.78 Å². The van der Waals surface area contributed by atoms with Crippen molar-refractivity contribution in [2.45, 2.75) is 6.42 Å². The van der Waals surface area contributed by atoms with Crippen molar-refractivity contribution in [2.75, 3.05) is 0 Å². The molecule has 72 valence electrons. The first-order valence-electron chi connectivity index (χ1n) is 4.29. The Balaban J connectivity index is 2.10. The summed E-state index contributed by atoms with van der Waals surface area (Å²) in [5.74, 6) is 0.00648. The van der Waals surface area contributed by atoms with E-state index in [-0.39, 0.29) is 5.78 Å². The van der Waals surface area contributed by atoms with E-state index >= 15 is 0 Å². The summed E-state index contributed by atoms with van der Waals surface area (Å²) in [6.07, 6.45) is 5.22. The predicted octanol–water partition coefficient (Wildman–Crippen LogP) is 1.44. The SMILES string of the molecule is Cn1ccc(C(=O)Cc2ccoc2)n1. The van der Waals surface area contributed by atoms with Gasteiger partial charge in [-0.25, -0.2) is 0 Å². The average Bonchev–Trinajstić information content (AvgIpc) is 2.75. The van der Waals surface area contributed by atoms with Gasteiger partial charge < -0.3 is 4.42 Å². The molecule has 2 aromatic heterocycles. The first-order chi connectivity index (χ1) is 6.75. The Bertz CT molecular complexity index is 429. The van der Waals surface area contributed by atoms with E-state index in [9.17, 15) is 4.79 Å². The minimum Gasteiger partial charge on any atom is -0.472 e. The van der Waals surface area contributed by atoms with E-state index in [1.807, 2.05) is 0 Å². The number of nitrogens with zero attached hydrogens (tertiary/aromatic N) is 2. The van der Waals surface area contributed by atoms with Crippen LogP contribution in [0.1, 0.15) is 16.1 Å². The molecule has 4 nitrogen and oxygen atoms in total. The molecule has 0 aliphatic rings. The van der Waals surface area contributed by atoms with Crippen LogP contribution in [-0.4, -0.2) is 15.6 Å². The van der Waals surface area contributed by atoms with Crippen molar-refractivity contribution in [3.63, 3.8) is 0 Å². The van der Waals surface area contributed by atoms with Gasteiger partial charge in [0, 0.05) is 19.7 Å². The lowest BCUT2D eigenvalue weighted by Crippen LogP contribution is -2.04. The Kier molecular flexibility index (Phi) is 2.18. The minimum atomic E-state index is 0.00648. The third-order valence-electron chi connectivity index (χ3n) is 1.94. The molecule has 0 N–H and O–H groups in total. The quantitative estimate of drug-likeness (QED) is 0.688. The molecule has 0 radical (unpaired) electrons. The van der Waals surface area contributed by atoms with Crippen molar-refractivity contribution in [3.8, 4) is 0 Å². The largest absolute Gasteiger partial charge is 0.472 e. The van der Waals surface area contributed by atoms with Gasteiger partial charge >= 0.3 is 0 Å². The number of Topliss-reactive ketones (excluding diaryl/α,β-unsaturated/α-hetero) is 1. The molecule has 0 fully saturated rings. The smallest absolute Gasteiger partial charge is 0.187 e. The highest BCUT2D eigenvalue weighted by molar-refractivity contribution is 5.95. The van der Waals surface area contributed by atoms with Gasteiger partial charge in [0.2, 0.25) is 0 Å². The molecular weight excluding hydrogens is 180 g/mol. The molecular formula is C10H10N2O2. The number of furan rings is 1. The van der Waals surface area contributed by atoms with Crippen LogP contribution in [0, 0.1) is 0 Å². The van der Waals surface area contributed by atoms with Crippen LogP contribution < -0.4 is 0 Å². The van der Waals surface area contributed by atoms with Crippen LogP contribution >= 0.6 is 0 Å². The summed E-state index contributed by atoms with van der Waals surface area (Å²) < 4.78 is 6.49. The number of hydrogen-bond donors (Lipinski definition) is 0. The number of carbonyl (C=O) groups excluding carboxylic acids is 1. The highest BCUT2D eigenvalue weighted by Gasteiger charge is 2.10. The Morgan fingerprint density at radius 1 is 1.57 bits per heavy atom. The summed E-state index contributed by atoms with van der Waals surface area (Å²) in [5.41, 5.74) is 1.37. The van der Waals surface area contributed by atoms with E-state index in [2.05, 4.69) is 5.10 Å². The van der Waals surface area contributed by atoms with Crippen LogP contribution in [0.3, 0.4) is 0 Å². The van der Waals surface area contributed by atoms with Crippen molar-refractivity contribution >= 4 is 5.78 Å². The molecule has 0 atom stereocenters. The monoisotopic (exact) mass is 190 g/mol. The predicted molar refractivity (Wildman–Crippen MR) is 50.0 cm³/mol. The fourth-order valence-electron chi connectivity index (χ4n) is 1.23. The van der Waals surface area contributed by atoms with E-state index in [1.54, 1.807) is 42.6 Å². The molecule has 2 aromatic rings. The molecule has 0 aromatic carbocycles. The fourth-order valence-corrected chi connectivity index (χ4v) is 1.23. The van der Waals surface area contributed by atoms with E-state index in [0.717, 1.165) is 5.56 Å². The van der Waals surface area contributed by atoms with Crippen molar-refractivity contribution in [3.05, 3.63) is 42.1 Å². The standard InChI is InChI=1S/C10H10N2O2/c1-12-4-2-9(11-12)10(13)6-8-3-5-14-7-8/h2-5,7H,6H2,1H3. The molecule has 0 saturated carbocycles. The summed E-state index contributed by atoms with van der Waals surface area (Å²) in [4.78, 5) is 11.6. The lowest BCUT2D eigenvalue weighted by atomic mass is 10.1. The molecule has 2 rings (SSSR count). The van der Waals surface area contributed by atoms with Gasteiger partial charge in [0.1, 0.15) is 5.69 Å². The second kappa shape index (κ2) is 3.49. The zero-order valence-electron chi connectivity index (χ0n) is 7.80. The average molecular weight is 190 g/mol. The van der Waals surface area contributed by atoms with E-state index in [1.165, 1.54) is 0 Å². The fraction of sp³-hybridized carbons (Fsp3) is 0.200. The first kappa shape index (κ1) is 8.74. The van der Waals surface area contributed by atoms with Crippen molar-refractivity contribution in [2.24, 2.45) is 7.05 Å². The van der Waals surface area contributed by atoms with E-state index < -0.39 is 0 Å². The second-order valence-corrected chi connectivity index (χ2v) is 3.11. The molecule has 0 aliphatic heterocycles. The number of rotatable bonds is 3. The molecule has 0 aliphatic carbocycles. The van der Waals surface area contributed by atoms with Gasteiger partial charge in [-0.2, -0.15) is 5.10 Å². The maximum Gasteiger partial charge on any atom is 0.187 e. The van der Waals surface area contributed by atoms with Crippen LogP contribution in [0.5, 0.6) is 0 Å². The van der Waals surface area contributed by atoms with Crippen molar-refractivity contribution in [1.29, 1.82) is 0 Å². The molecule has 0 amide bonds. The van der Waals surface area contributed by atoms with Gasteiger partial charge in [-0.1, -0.05) is 0 Å². The summed E-state index contributed by atoms with van der Waals surface area (Å²) in [7, 11) is 1.79. The highest BCUT2D eigenvalue weighted by Crippen LogP contribution is 2.05. The van der Waals surface area contributed by atoms with Crippen LogP contribution in [0.2, 0.25) is 0 Å². The number of aryl methyl sites for hydroxylation is 1. The van der Waals surface area contributed by atoms with Gasteiger partial charge in [0.25, 0.3) is 0 Å². The van der Waals surface area contributed by atoms with Crippen LogP contribution in [-0.2, 0) is 13.5 Å². The van der Waals surface area contributed by atoms with Gasteiger partial charge in [0.05, 0.1) is 12.5 Å². The summed E-state index contributed by atoms with van der Waals surface area (Å²) in [5, 5.41) is 4.03. The Morgan fingerprint density at radius 2 is 2.43 bits per heavy atom. The van der Waals surface area contributed by atoms with Crippen LogP contribution in [0.15, 0.2) is 35.3 Å². The molecule has 0 saturated heterocycles. The van der Waals surface area contributed by atoms with Crippen LogP contribution in [0.25, 0.3) is 0 Å². The zero-order chi connectivity index (χ0) is 9.97. The Labute approximate surface area is 81.1 Å². The number of hydrogen-bond acceptors (Lipinski definition) is 3. The maximum atomic E-state index is 11.6. The molecule has 2 heterocycles. The molecule has 0 unspecified atom stereocenters. The number of carbonyl (C=O) groups is 1. The normalized spacial score (nSPS) is 10.4. The third-order valence-corrected chi connectivity index (χ3v) is 1.94. The van der Waals surface area contributed by atoms with E-state index in [4.69, 9.17) is 4.42 Å². The highest BCUT2D eigenvalue weighted by atomic mass is 16.3. The van der Waals surface area contributed by atoms with Crippen LogP contribution in [0.4, 0.5) is 0 Å². The first-order valence-corrected chi connectivity index (χ1v) is 4.29. The van der Waals surface area contributed by atoms with Gasteiger partial charge in [-0.3, -0.25) is 9.48 Å².